The molecule has 0 aliphatic carbocycles. The largest absolute Gasteiger partial charge is 0.494 e. The number of nitrogens with two attached hydrogens (primary N) is 1. The van der Waals surface area contributed by atoms with Gasteiger partial charge in [-0.1, -0.05) is 12.1 Å². The van der Waals surface area contributed by atoms with Crippen LogP contribution in [-0.2, 0) is 0 Å². The Hall–Kier alpha value is -4.80. The SMILES string of the molecule is COc1c(Nc2nc(Nc3ccccn3)ncc2C(N)=O)cccc1-c1ccnc(=O)[nH]1. The molecule has 1 amide bonds. The third-order valence-corrected chi connectivity index (χ3v) is 4.40. The molecule has 0 saturated heterocycles. The lowest BCUT2D eigenvalue weighted by Crippen LogP contribution is -2.16. The van der Waals surface area contributed by atoms with E-state index in [1.807, 2.05) is 6.07 Å². The van der Waals surface area contributed by atoms with E-state index in [4.69, 9.17) is 10.5 Å². The van der Waals surface area contributed by atoms with E-state index in [0.717, 1.165) is 0 Å². The molecule has 0 fully saturated rings. The van der Waals surface area contributed by atoms with Crippen LogP contribution in [-0.4, -0.2) is 37.9 Å². The van der Waals surface area contributed by atoms with Crippen LogP contribution in [0.1, 0.15) is 10.4 Å². The molecule has 4 aromatic rings. The van der Waals surface area contributed by atoms with Gasteiger partial charge in [-0.25, -0.2) is 19.7 Å². The smallest absolute Gasteiger partial charge is 0.345 e. The fraction of sp³-hybridized carbons (Fsp3) is 0.0476. The summed E-state index contributed by atoms with van der Waals surface area (Å²) < 4.78 is 5.58. The summed E-state index contributed by atoms with van der Waals surface area (Å²) in [6.45, 7) is 0. The molecule has 4 rings (SSSR count). The van der Waals surface area contributed by atoms with Crippen LogP contribution in [0.2, 0.25) is 0 Å². The fourth-order valence-electron chi connectivity index (χ4n) is 2.99. The number of benzene rings is 1. The van der Waals surface area contributed by atoms with Gasteiger partial charge >= 0.3 is 5.69 Å². The first-order chi connectivity index (χ1) is 15.5. The number of para-hydroxylation sites is 1. The van der Waals surface area contributed by atoms with Crippen molar-refractivity contribution in [2.45, 2.75) is 0 Å². The van der Waals surface area contributed by atoms with Crippen molar-refractivity contribution in [3.8, 4) is 17.0 Å². The van der Waals surface area contributed by atoms with Crippen LogP contribution in [0, 0.1) is 0 Å². The second kappa shape index (κ2) is 8.92. The zero-order valence-corrected chi connectivity index (χ0v) is 16.9. The number of anilines is 4. The number of hydrogen-bond acceptors (Lipinski definition) is 9. The molecule has 11 heteroatoms. The number of nitrogens with one attached hydrogen (secondary N) is 3. The van der Waals surface area contributed by atoms with Crippen molar-refractivity contribution in [2.24, 2.45) is 5.73 Å². The van der Waals surface area contributed by atoms with Gasteiger partial charge in [0.25, 0.3) is 5.91 Å². The Bertz CT molecular complexity index is 1320. The van der Waals surface area contributed by atoms with Crippen LogP contribution in [0.4, 0.5) is 23.3 Å². The number of H-pyrrole nitrogens is 1. The number of primary amides is 1. The van der Waals surface area contributed by atoms with Gasteiger partial charge in [-0.2, -0.15) is 4.98 Å². The normalized spacial score (nSPS) is 10.4. The summed E-state index contributed by atoms with van der Waals surface area (Å²) >= 11 is 0. The monoisotopic (exact) mass is 430 g/mol. The van der Waals surface area contributed by atoms with Gasteiger partial charge in [0.15, 0.2) is 5.75 Å². The van der Waals surface area contributed by atoms with Gasteiger partial charge in [0.2, 0.25) is 5.95 Å². The molecule has 1 aromatic carbocycles. The van der Waals surface area contributed by atoms with Crippen LogP contribution in [0.5, 0.6) is 5.75 Å². The first kappa shape index (κ1) is 20.5. The van der Waals surface area contributed by atoms with Crippen LogP contribution in [0.25, 0.3) is 11.3 Å². The summed E-state index contributed by atoms with van der Waals surface area (Å²) in [5.74, 6) is 0.633. The van der Waals surface area contributed by atoms with E-state index < -0.39 is 11.6 Å². The summed E-state index contributed by atoms with van der Waals surface area (Å²) in [5, 5.41) is 6.04. The molecule has 3 aromatic heterocycles. The highest BCUT2D eigenvalue weighted by molar-refractivity contribution is 5.98. The van der Waals surface area contributed by atoms with Crippen LogP contribution < -0.4 is 26.8 Å². The van der Waals surface area contributed by atoms with E-state index in [0.29, 0.717) is 28.5 Å². The molecule has 0 saturated carbocycles. The van der Waals surface area contributed by atoms with E-state index in [-0.39, 0.29) is 17.3 Å². The highest BCUT2D eigenvalue weighted by atomic mass is 16.5. The molecule has 0 aliphatic heterocycles. The third-order valence-electron chi connectivity index (χ3n) is 4.40. The van der Waals surface area contributed by atoms with Gasteiger partial charge in [-0.3, -0.25) is 4.79 Å². The number of amides is 1. The number of aromatic nitrogens is 5. The molecule has 5 N–H and O–H groups in total. The van der Waals surface area contributed by atoms with Crippen molar-refractivity contribution in [3.63, 3.8) is 0 Å². The number of carbonyl (C=O) groups excluding carboxylic acids is 1. The highest BCUT2D eigenvalue weighted by Gasteiger charge is 2.17. The fourth-order valence-corrected chi connectivity index (χ4v) is 2.99. The van der Waals surface area contributed by atoms with E-state index in [2.05, 4.69) is 35.6 Å². The van der Waals surface area contributed by atoms with Crippen LogP contribution in [0.3, 0.4) is 0 Å². The lowest BCUT2D eigenvalue weighted by atomic mass is 10.1. The topological polar surface area (TPSA) is 161 Å². The standard InChI is InChI=1S/C21H18N8O3/c1-32-17-12(14-8-10-24-21(31)27-14)5-4-6-15(17)26-19-13(18(22)30)11-25-20(29-19)28-16-7-2-3-9-23-16/h2-11H,1H3,(H2,22,30)(H,24,27,31)(H2,23,25,26,28,29). The highest BCUT2D eigenvalue weighted by Crippen LogP contribution is 2.37. The maximum Gasteiger partial charge on any atom is 0.345 e. The van der Waals surface area contributed by atoms with Gasteiger partial charge < -0.3 is 26.1 Å². The van der Waals surface area contributed by atoms with E-state index in [9.17, 15) is 9.59 Å². The van der Waals surface area contributed by atoms with Crippen molar-refractivity contribution in [2.75, 3.05) is 17.7 Å². The van der Waals surface area contributed by atoms with Gasteiger partial charge in [0.05, 0.1) is 18.5 Å². The number of nitrogens with zero attached hydrogens (tertiary/aromatic N) is 4. The lowest BCUT2D eigenvalue weighted by molar-refractivity contribution is 0.100. The molecule has 0 aliphatic rings. The summed E-state index contributed by atoms with van der Waals surface area (Å²) in [7, 11) is 1.49. The molecule has 11 nitrogen and oxygen atoms in total. The molecular formula is C21H18N8O3. The maximum atomic E-state index is 12.0. The Balaban J connectivity index is 1.74. The summed E-state index contributed by atoms with van der Waals surface area (Å²) in [4.78, 5) is 42.6. The molecule has 0 spiro atoms. The summed E-state index contributed by atoms with van der Waals surface area (Å²) in [5.41, 5.74) is 6.73. The Morgan fingerprint density at radius 2 is 1.91 bits per heavy atom. The van der Waals surface area contributed by atoms with Crippen molar-refractivity contribution in [1.29, 1.82) is 0 Å². The molecule has 0 bridgehead atoms. The zero-order chi connectivity index (χ0) is 22.5. The van der Waals surface area contributed by atoms with Crippen molar-refractivity contribution in [1.82, 2.24) is 24.9 Å². The Morgan fingerprint density at radius 1 is 1.03 bits per heavy atom. The van der Waals surface area contributed by atoms with Crippen molar-refractivity contribution < 1.29 is 9.53 Å². The minimum atomic E-state index is -0.703. The predicted molar refractivity (Wildman–Crippen MR) is 118 cm³/mol. The van der Waals surface area contributed by atoms with E-state index >= 15 is 0 Å². The van der Waals surface area contributed by atoms with Crippen molar-refractivity contribution >= 4 is 29.2 Å². The molecule has 3 heterocycles. The average molecular weight is 430 g/mol. The van der Waals surface area contributed by atoms with Gasteiger partial charge in [-0.15, -0.1) is 0 Å². The summed E-state index contributed by atoms with van der Waals surface area (Å²) in [6, 6.07) is 12.3. The van der Waals surface area contributed by atoms with Gasteiger partial charge in [-0.05, 0) is 30.3 Å². The molecule has 32 heavy (non-hydrogen) atoms. The molecule has 160 valence electrons. The maximum absolute atomic E-state index is 12.0. The zero-order valence-electron chi connectivity index (χ0n) is 16.9. The molecular weight excluding hydrogens is 412 g/mol. The van der Waals surface area contributed by atoms with E-state index in [1.165, 1.54) is 19.5 Å². The minimum absolute atomic E-state index is 0.0846. The number of pyridine rings is 1. The molecule has 0 radical (unpaired) electrons. The minimum Gasteiger partial charge on any atom is -0.494 e. The van der Waals surface area contributed by atoms with Crippen molar-refractivity contribution in [3.05, 3.63) is 77.1 Å². The quantitative estimate of drug-likeness (QED) is 0.344. The number of methoxy groups -OCH3 is 1. The van der Waals surface area contributed by atoms with Gasteiger partial charge in [0, 0.05) is 24.2 Å². The Morgan fingerprint density at radius 3 is 2.62 bits per heavy atom. The number of hydrogen-bond donors (Lipinski definition) is 4. The summed E-state index contributed by atoms with van der Waals surface area (Å²) in [6.07, 6.45) is 4.34. The van der Waals surface area contributed by atoms with Crippen LogP contribution >= 0.6 is 0 Å². The first-order valence-electron chi connectivity index (χ1n) is 9.40. The first-order valence-corrected chi connectivity index (χ1v) is 9.40. The van der Waals surface area contributed by atoms with Crippen LogP contribution in [0.15, 0.2) is 65.8 Å². The Labute approximate surface area is 181 Å². The average Bonchev–Trinajstić information content (AvgIpc) is 2.79. The van der Waals surface area contributed by atoms with E-state index in [1.54, 1.807) is 42.6 Å². The number of ether oxygens (including phenoxy) is 1. The van der Waals surface area contributed by atoms with Gasteiger partial charge in [0.1, 0.15) is 17.2 Å². The molecule has 0 unspecified atom stereocenters. The predicted octanol–water partition coefficient (Wildman–Crippen LogP) is 2.22. The second-order valence-corrected chi connectivity index (χ2v) is 6.46. The molecule has 0 atom stereocenters. The lowest BCUT2D eigenvalue weighted by Gasteiger charge is -2.16. The second-order valence-electron chi connectivity index (χ2n) is 6.46. The third kappa shape index (κ3) is 4.36. The number of aromatic amines is 1. The number of carbonyl (C=O) groups is 1. The Kier molecular flexibility index (Phi) is 5.70. The number of rotatable bonds is 7.